The highest BCUT2D eigenvalue weighted by molar-refractivity contribution is 6.08. The van der Waals surface area contributed by atoms with Crippen LogP contribution in [-0.4, -0.2) is 40.7 Å². The number of anilines is 1. The fraction of sp³-hybridized carbons (Fsp3) is 0.391. The van der Waals surface area contributed by atoms with Crippen LogP contribution in [0, 0.1) is 19.8 Å². The molecule has 0 aromatic heterocycles. The van der Waals surface area contributed by atoms with Crippen molar-refractivity contribution in [3.63, 3.8) is 0 Å². The zero-order chi connectivity index (χ0) is 20.8. The van der Waals surface area contributed by atoms with Crippen LogP contribution in [0.1, 0.15) is 36.0 Å². The summed E-state index contributed by atoms with van der Waals surface area (Å²) in [4.78, 5) is 28.2. The van der Waals surface area contributed by atoms with E-state index in [2.05, 4.69) is 5.32 Å². The molecule has 4 rings (SSSR count). The summed E-state index contributed by atoms with van der Waals surface area (Å²) in [6, 6.07) is 13.4. The Labute approximate surface area is 170 Å². The fourth-order valence-corrected chi connectivity index (χ4v) is 4.62. The molecular formula is C23H26N2O4. The number of aliphatic hydroxyl groups is 1. The third-order valence-corrected chi connectivity index (χ3v) is 6.00. The average Bonchev–Trinajstić information content (AvgIpc) is 2.67. The molecule has 2 aliphatic rings. The van der Waals surface area contributed by atoms with Crippen molar-refractivity contribution in [1.82, 2.24) is 4.90 Å². The summed E-state index contributed by atoms with van der Waals surface area (Å²) in [6.07, 6.45) is 0.501. The number of fused-ring (bicyclic) bond motifs is 4. The summed E-state index contributed by atoms with van der Waals surface area (Å²) >= 11 is 0. The van der Waals surface area contributed by atoms with E-state index in [0.29, 0.717) is 17.9 Å². The average molecular weight is 394 g/mol. The highest BCUT2D eigenvalue weighted by atomic mass is 16.5. The minimum Gasteiger partial charge on any atom is -0.468 e. The molecule has 152 valence electrons. The Morgan fingerprint density at radius 3 is 2.76 bits per heavy atom. The maximum absolute atomic E-state index is 13.4. The number of nitrogens with zero attached hydrogens (tertiary/aromatic N) is 1. The Balaban J connectivity index is 1.73. The maximum atomic E-state index is 13.4. The molecule has 3 unspecified atom stereocenters. The number of hydrogen-bond acceptors (Lipinski definition) is 4. The van der Waals surface area contributed by atoms with Crippen LogP contribution >= 0.6 is 0 Å². The number of nitrogens with one attached hydrogen (secondary N) is 1. The van der Waals surface area contributed by atoms with Gasteiger partial charge in [0.15, 0.2) is 5.72 Å². The van der Waals surface area contributed by atoms with Gasteiger partial charge in [0.05, 0.1) is 6.61 Å². The zero-order valence-corrected chi connectivity index (χ0v) is 16.9. The number of para-hydroxylation sites is 1. The quantitative estimate of drug-likeness (QED) is 0.782. The largest absolute Gasteiger partial charge is 0.468 e. The summed E-state index contributed by atoms with van der Waals surface area (Å²) in [5.41, 5.74) is 2.76. The molecule has 0 radical (unpaired) electrons. The van der Waals surface area contributed by atoms with Gasteiger partial charge in [-0.15, -0.1) is 0 Å². The first-order valence-corrected chi connectivity index (χ1v) is 9.92. The van der Waals surface area contributed by atoms with E-state index in [4.69, 9.17) is 4.74 Å². The highest BCUT2D eigenvalue weighted by Crippen LogP contribution is 2.50. The van der Waals surface area contributed by atoms with E-state index >= 15 is 0 Å². The second-order valence-electron chi connectivity index (χ2n) is 8.12. The molecule has 6 nitrogen and oxygen atoms in total. The number of aliphatic hydroxyl groups excluding tert-OH is 1. The smallest absolute Gasteiger partial charge is 0.238 e. The molecule has 0 aliphatic carbocycles. The number of likely N-dealkylation sites (tertiary alicyclic amines) is 1. The van der Waals surface area contributed by atoms with Gasteiger partial charge >= 0.3 is 0 Å². The molecule has 2 aromatic carbocycles. The van der Waals surface area contributed by atoms with Gasteiger partial charge in [-0.2, -0.15) is 0 Å². The van der Waals surface area contributed by atoms with Crippen LogP contribution in [0.5, 0.6) is 5.75 Å². The summed E-state index contributed by atoms with van der Waals surface area (Å²) < 4.78 is 6.17. The van der Waals surface area contributed by atoms with Crippen molar-refractivity contribution >= 4 is 17.5 Å². The van der Waals surface area contributed by atoms with Crippen LogP contribution in [0.25, 0.3) is 0 Å². The Morgan fingerprint density at radius 1 is 1.28 bits per heavy atom. The number of amides is 2. The van der Waals surface area contributed by atoms with Crippen LogP contribution in [0.2, 0.25) is 0 Å². The highest BCUT2D eigenvalue weighted by Gasteiger charge is 2.55. The number of β-amino-alcohol motifs (C(OH)–C–C–N with tert-alkyl or cyclic N) is 1. The third kappa shape index (κ3) is 3.27. The van der Waals surface area contributed by atoms with Crippen molar-refractivity contribution in [3.8, 4) is 5.75 Å². The Hall–Kier alpha value is -2.86. The molecule has 0 spiro atoms. The van der Waals surface area contributed by atoms with E-state index in [-0.39, 0.29) is 30.9 Å². The van der Waals surface area contributed by atoms with E-state index < -0.39 is 11.6 Å². The summed E-state index contributed by atoms with van der Waals surface area (Å²) in [5.74, 6) is -1.10. The van der Waals surface area contributed by atoms with Crippen molar-refractivity contribution in [2.45, 2.75) is 38.8 Å². The van der Waals surface area contributed by atoms with Crippen LogP contribution in [0.15, 0.2) is 42.5 Å². The molecule has 0 saturated carbocycles. The molecular weight excluding hydrogens is 368 g/mol. The van der Waals surface area contributed by atoms with E-state index in [1.54, 1.807) is 0 Å². The normalized spacial score (nSPS) is 25.2. The van der Waals surface area contributed by atoms with Crippen molar-refractivity contribution in [2.24, 2.45) is 5.92 Å². The fourth-order valence-electron chi connectivity index (χ4n) is 4.62. The van der Waals surface area contributed by atoms with E-state index in [9.17, 15) is 14.7 Å². The van der Waals surface area contributed by atoms with Crippen molar-refractivity contribution in [1.29, 1.82) is 0 Å². The third-order valence-electron chi connectivity index (χ3n) is 6.00. The van der Waals surface area contributed by atoms with Gasteiger partial charge in [-0.3, -0.25) is 9.59 Å². The topological polar surface area (TPSA) is 78.9 Å². The zero-order valence-electron chi connectivity index (χ0n) is 16.9. The van der Waals surface area contributed by atoms with Crippen molar-refractivity contribution in [2.75, 3.05) is 18.5 Å². The first-order chi connectivity index (χ1) is 13.8. The van der Waals surface area contributed by atoms with Gasteiger partial charge in [0, 0.05) is 24.6 Å². The van der Waals surface area contributed by atoms with Gasteiger partial charge in [0.25, 0.3) is 0 Å². The van der Waals surface area contributed by atoms with Gasteiger partial charge in [-0.1, -0.05) is 35.9 Å². The van der Waals surface area contributed by atoms with Gasteiger partial charge in [0.2, 0.25) is 11.8 Å². The van der Waals surface area contributed by atoms with Crippen molar-refractivity contribution in [3.05, 3.63) is 59.2 Å². The van der Waals surface area contributed by atoms with Gasteiger partial charge in [-0.25, -0.2) is 0 Å². The number of aryl methyl sites for hydroxylation is 2. The van der Waals surface area contributed by atoms with Gasteiger partial charge < -0.3 is 20.1 Å². The number of carbonyl (C=O) groups excluding carboxylic acids is 2. The number of rotatable bonds is 4. The molecule has 2 amide bonds. The predicted molar refractivity (Wildman–Crippen MR) is 110 cm³/mol. The van der Waals surface area contributed by atoms with E-state index in [1.807, 2.05) is 63.2 Å². The predicted octanol–water partition coefficient (Wildman–Crippen LogP) is 2.98. The minimum atomic E-state index is -0.880. The minimum absolute atomic E-state index is 0.123. The molecule has 2 bridgehead atoms. The standard InChI is InChI=1S/C23H26N2O4/c1-14-8-9-18(15(2)12-14)24-21(27)20-17-13-23(3,25(10-11-26)22(20)28)29-19-7-5-4-6-16(17)19/h4-9,12,17,20,26H,10-11,13H2,1-3H3,(H,24,27). The summed E-state index contributed by atoms with van der Waals surface area (Å²) in [7, 11) is 0. The maximum Gasteiger partial charge on any atom is 0.238 e. The van der Waals surface area contributed by atoms with Crippen molar-refractivity contribution < 1.29 is 19.4 Å². The van der Waals surface area contributed by atoms with E-state index in [1.165, 1.54) is 4.90 Å². The summed E-state index contributed by atoms with van der Waals surface area (Å²) in [5, 5.41) is 12.5. The van der Waals surface area contributed by atoms with Gasteiger partial charge in [-0.05, 0) is 44.0 Å². The Kier molecular flexibility index (Phi) is 4.82. The molecule has 29 heavy (non-hydrogen) atoms. The molecule has 2 aliphatic heterocycles. The second kappa shape index (κ2) is 7.19. The molecule has 6 heteroatoms. The molecule has 2 heterocycles. The number of benzene rings is 2. The number of hydrogen-bond donors (Lipinski definition) is 2. The van der Waals surface area contributed by atoms with Crippen LogP contribution in [0.3, 0.4) is 0 Å². The lowest BCUT2D eigenvalue weighted by Gasteiger charge is -2.52. The van der Waals surface area contributed by atoms with E-state index in [0.717, 1.165) is 16.7 Å². The molecule has 2 aromatic rings. The SMILES string of the molecule is Cc1ccc(NC(=O)C2C(=O)N(CCO)C3(C)CC2c2ccccc2O3)c(C)c1. The lowest BCUT2D eigenvalue weighted by molar-refractivity contribution is -0.176. The molecule has 1 saturated heterocycles. The Morgan fingerprint density at radius 2 is 2.03 bits per heavy atom. The Bertz CT molecular complexity index is 973. The van der Waals surface area contributed by atoms with Crippen LogP contribution in [0.4, 0.5) is 5.69 Å². The molecule has 3 atom stereocenters. The monoisotopic (exact) mass is 394 g/mol. The summed E-state index contributed by atoms with van der Waals surface area (Å²) in [6.45, 7) is 5.71. The number of carbonyl (C=O) groups is 2. The lowest BCUT2D eigenvalue weighted by Crippen LogP contribution is -2.64. The second-order valence-corrected chi connectivity index (χ2v) is 8.12. The first kappa shape index (κ1) is 19.5. The van der Waals surface area contributed by atoms with Crippen LogP contribution in [-0.2, 0) is 9.59 Å². The molecule has 1 fully saturated rings. The molecule has 2 N–H and O–H groups in total. The van der Waals surface area contributed by atoms with Crippen LogP contribution < -0.4 is 10.1 Å². The lowest BCUT2D eigenvalue weighted by atomic mass is 9.73. The number of ether oxygens (including phenoxy) is 1. The first-order valence-electron chi connectivity index (χ1n) is 9.92. The number of piperidine rings is 1. The van der Waals surface area contributed by atoms with Gasteiger partial charge in [0.1, 0.15) is 11.7 Å².